The maximum absolute atomic E-state index is 12.1. The monoisotopic (exact) mass is 366 g/mol. The summed E-state index contributed by atoms with van der Waals surface area (Å²) in [5.41, 5.74) is 0. The van der Waals surface area contributed by atoms with E-state index in [-0.39, 0.29) is 36.4 Å². The van der Waals surface area contributed by atoms with E-state index in [1.807, 2.05) is 51.6 Å². The topological polar surface area (TPSA) is 64.1 Å². The van der Waals surface area contributed by atoms with E-state index in [9.17, 15) is 14.7 Å². The first-order valence-electron chi connectivity index (χ1n) is 8.26. The Balaban J connectivity index is 0. The molecule has 0 spiro atoms. The summed E-state index contributed by atoms with van der Waals surface area (Å²) in [4.78, 5) is 28.7. The van der Waals surface area contributed by atoms with Crippen molar-refractivity contribution in [2.45, 2.75) is 46.6 Å². The third-order valence-electron chi connectivity index (χ3n) is 3.67. The molecule has 6 nitrogen and oxygen atoms in total. The second-order valence-corrected chi connectivity index (χ2v) is 6.01. The molecule has 0 aromatic carbocycles. The Kier molecular flexibility index (Phi) is 13.5. The molecule has 23 heavy (non-hydrogen) atoms. The van der Waals surface area contributed by atoms with E-state index in [1.165, 1.54) is 4.90 Å². The third-order valence-corrected chi connectivity index (χ3v) is 3.67. The van der Waals surface area contributed by atoms with Gasteiger partial charge < -0.3 is 19.8 Å². The second kappa shape index (κ2) is 12.7. The van der Waals surface area contributed by atoms with Crippen molar-refractivity contribution in [1.29, 1.82) is 0 Å². The SMILES string of the molecule is CC.CC(C)C(=O)N1CCCC1CN(CCN(C)C)C(=O)O.[V]. The van der Waals surface area contributed by atoms with E-state index in [4.69, 9.17) is 0 Å². The zero-order valence-corrected chi connectivity index (χ0v) is 16.8. The molecule has 0 aromatic rings. The number of carbonyl (C=O) groups is 2. The zero-order valence-electron chi connectivity index (χ0n) is 15.4. The molecular weight excluding hydrogens is 333 g/mol. The maximum atomic E-state index is 12.1. The molecule has 1 aliphatic rings. The molecule has 0 bridgehead atoms. The Morgan fingerprint density at radius 3 is 2.22 bits per heavy atom. The first-order valence-corrected chi connectivity index (χ1v) is 8.26. The Morgan fingerprint density at radius 1 is 1.22 bits per heavy atom. The Hall–Kier alpha value is -0.716. The van der Waals surface area contributed by atoms with Gasteiger partial charge in [0, 0.05) is 56.7 Å². The molecule has 1 unspecified atom stereocenters. The van der Waals surface area contributed by atoms with Crippen LogP contribution in [0.1, 0.15) is 40.5 Å². The summed E-state index contributed by atoms with van der Waals surface area (Å²) in [6.07, 6.45) is 0.949. The van der Waals surface area contributed by atoms with E-state index in [0.717, 1.165) is 19.4 Å². The minimum atomic E-state index is -0.907. The van der Waals surface area contributed by atoms with Gasteiger partial charge in [0.1, 0.15) is 0 Å². The molecule has 1 fully saturated rings. The van der Waals surface area contributed by atoms with Crippen LogP contribution in [0.3, 0.4) is 0 Å². The first-order chi connectivity index (χ1) is 10.3. The van der Waals surface area contributed by atoms with Gasteiger partial charge in [-0.25, -0.2) is 4.79 Å². The van der Waals surface area contributed by atoms with E-state index in [1.54, 1.807) is 0 Å². The van der Waals surface area contributed by atoms with Gasteiger partial charge in [-0.1, -0.05) is 27.7 Å². The Bertz CT molecular complexity index is 351. The van der Waals surface area contributed by atoms with Crippen molar-refractivity contribution in [3.8, 4) is 0 Å². The molecule has 1 saturated heterocycles. The van der Waals surface area contributed by atoms with Crippen LogP contribution in [-0.4, -0.2) is 78.1 Å². The minimum Gasteiger partial charge on any atom is -0.465 e. The molecule has 1 radical (unpaired) electrons. The van der Waals surface area contributed by atoms with Gasteiger partial charge in [0.2, 0.25) is 5.91 Å². The van der Waals surface area contributed by atoms with Crippen molar-refractivity contribution < 1.29 is 33.3 Å². The number of likely N-dealkylation sites (tertiary alicyclic amines) is 1. The van der Waals surface area contributed by atoms with Crippen molar-refractivity contribution >= 4 is 12.0 Å². The standard InChI is InChI=1S/C14H27N3O3.C2H6.V/c1-11(2)13(18)17-7-5-6-12(17)10-16(14(19)20)9-8-15(3)4;1-2;/h11-12H,5-10H2,1-4H3,(H,19,20);1-2H3;. The van der Waals surface area contributed by atoms with Gasteiger partial charge in [-0.05, 0) is 26.9 Å². The smallest absolute Gasteiger partial charge is 0.407 e. The molecule has 135 valence electrons. The van der Waals surface area contributed by atoms with Crippen LogP contribution >= 0.6 is 0 Å². The summed E-state index contributed by atoms with van der Waals surface area (Å²) in [7, 11) is 3.84. The maximum Gasteiger partial charge on any atom is 0.407 e. The van der Waals surface area contributed by atoms with Crippen molar-refractivity contribution in [2.75, 3.05) is 40.3 Å². The largest absolute Gasteiger partial charge is 0.465 e. The summed E-state index contributed by atoms with van der Waals surface area (Å²) in [5.74, 6) is 0.0982. The molecule has 1 aliphatic heterocycles. The summed E-state index contributed by atoms with van der Waals surface area (Å²) in [6.45, 7) is 10.1. The normalized spacial score (nSPS) is 16.7. The molecule has 1 atom stereocenters. The predicted molar refractivity (Wildman–Crippen MR) is 89.1 cm³/mol. The number of amides is 2. The van der Waals surface area contributed by atoms with Crippen LogP contribution in [-0.2, 0) is 23.4 Å². The summed E-state index contributed by atoms with van der Waals surface area (Å²) >= 11 is 0. The van der Waals surface area contributed by atoms with Crippen molar-refractivity contribution in [2.24, 2.45) is 5.92 Å². The summed E-state index contributed by atoms with van der Waals surface area (Å²) in [5, 5.41) is 9.28. The van der Waals surface area contributed by atoms with Gasteiger partial charge in [0.25, 0.3) is 0 Å². The minimum absolute atomic E-state index is 0. The molecular formula is C16H33N3O3V. The molecule has 0 aliphatic carbocycles. The van der Waals surface area contributed by atoms with Crippen molar-refractivity contribution in [3.05, 3.63) is 0 Å². The van der Waals surface area contributed by atoms with E-state index in [2.05, 4.69) is 0 Å². The van der Waals surface area contributed by atoms with Crippen LogP contribution in [0.2, 0.25) is 0 Å². The molecule has 1 rings (SSSR count). The van der Waals surface area contributed by atoms with E-state index in [0.29, 0.717) is 19.6 Å². The van der Waals surface area contributed by atoms with Crippen LogP contribution in [0, 0.1) is 5.92 Å². The van der Waals surface area contributed by atoms with E-state index < -0.39 is 6.09 Å². The fourth-order valence-corrected chi connectivity index (χ4v) is 2.49. The predicted octanol–water partition coefficient (Wildman–Crippen LogP) is 2.20. The molecule has 1 heterocycles. The number of likely N-dealkylation sites (N-methyl/N-ethyl adjacent to an activating group) is 1. The van der Waals surface area contributed by atoms with Gasteiger partial charge in [-0.2, -0.15) is 0 Å². The fourth-order valence-electron chi connectivity index (χ4n) is 2.49. The molecule has 0 aromatic heterocycles. The summed E-state index contributed by atoms with van der Waals surface area (Å²) < 4.78 is 0. The fraction of sp³-hybridized carbons (Fsp3) is 0.875. The van der Waals surface area contributed by atoms with E-state index >= 15 is 0 Å². The number of carbonyl (C=O) groups excluding carboxylic acids is 1. The Morgan fingerprint density at radius 2 is 1.78 bits per heavy atom. The van der Waals surface area contributed by atoms with Gasteiger partial charge in [-0.15, -0.1) is 0 Å². The second-order valence-electron chi connectivity index (χ2n) is 6.01. The number of rotatable bonds is 6. The average molecular weight is 366 g/mol. The van der Waals surface area contributed by atoms with Gasteiger partial charge in [0.15, 0.2) is 0 Å². The number of nitrogens with zero attached hydrogens (tertiary/aromatic N) is 3. The number of carboxylic acid groups (broad SMARTS) is 1. The number of hydrogen-bond acceptors (Lipinski definition) is 3. The summed E-state index contributed by atoms with van der Waals surface area (Å²) in [6, 6.07) is 0.0307. The molecule has 1 N–H and O–H groups in total. The van der Waals surface area contributed by atoms with Crippen LogP contribution in [0.5, 0.6) is 0 Å². The van der Waals surface area contributed by atoms with Gasteiger partial charge in [-0.3, -0.25) is 4.79 Å². The van der Waals surface area contributed by atoms with Gasteiger partial charge >= 0.3 is 6.09 Å². The first kappa shape index (κ1) is 24.5. The van der Waals surface area contributed by atoms with Crippen LogP contribution < -0.4 is 0 Å². The molecule has 0 saturated carbocycles. The molecule has 7 heteroatoms. The van der Waals surface area contributed by atoms with Gasteiger partial charge in [0.05, 0.1) is 0 Å². The van der Waals surface area contributed by atoms with Crippen molar-refractivity contribution in [1.82, 2.24) is 14.7 Å². The van der Waals surface area contributed by atoms with Crippen molar-refractivity contribution in [3.63, 3.8) is 0 Å². The molecule has 2 amide bonds. The quantitative estimate of drug-likeness (QED) is 0.783. The average Bonchev–Trinajstić information content (AvgIpc) is 2.92. The zero-order chi connectivity index (χ0) is 17.3. The third kappa shape index (κ3) is 8.63. The van der Waals surface area contributed by atoms with Crippen LogP contribution in [0.4, 0.5) is 4.79 Å². The van der Waals surface area contributed by atoms with Crippen LogP contribution in [0.15, 0.2) is 0 Å². The Labute approximate surface area is 153 Å². The number of hydrogen-bond donors (Lipinski definition) is 1. The van der Waals surface area contributed by atoms with Crippen LogP contribution in [0.25, 0.3) is 0 Å².